The average Bonchev–Trinajstić information content (AvgIpc) is 4.13. The molecule has 2 amide bonds. The van der Waals surface area contributed by atoms with Crippen LogP contribution in [0.1, 0.15) is 172 Å². The number of aliphatic hydroxyl groups is 1. The standard InChI is InChI=1S/C59H76N7O9P/c1-4-5-6-7-8-9-10-11-12-13-14-15-16-17-18-19-20-22-26-41-27-25-30-47-48(41)57(69)66(56(47)68)74-52-50(67)51(73-58(52)65-40-64-49-54(60)62-39-63-55(49)65)53(75-76(61)70)59(42-28-23-21-24-29-42,43-31-35-45(71-2)36-32-43)44-33-37-46(72-3)38-34-44/h21,23-25,27-40,50-53,58,67,70H,4-20,22,26,61H2,1-3H3,(H2,60,62,63)/t50-,51+,52-,53?,58-,76?/m1/s1. The lowest BCUT2D eigenvalue weighted by Gasteiger charge is -2.45. The molecule has 2 aliphatic rings. The Morgan fingerprint density at radius 2 is 1.22 bits per heavy atom. The number of hydrogen-bond donors (Lipinski definition) is 4. The molecule has 0 aliphatic carbocycles. The molecule has 1 fully saturated rings. The number of carbonyl (C=O) groups is 2. The number of amides is 2. The Morgan fingerprint density at radius 1 is 0.684 bits per heavy atom. The van der Waals surface area contributed by atoms with Crippen molar-refractivity contribution in [3.05, 3.63) is 143 Å². The number of imidazole rings is 1. The van der Waals surface area contributed by atoms with Gasteiger partial charge in [0.25, 0.3) is 20.3 Å². The van der Waals surface area contributed by atoms with Crippen molar-refractivity contribution in [2.24, 2.45) is 5.50 Å². The molecule has 2 aromatic heterocycles. The van der Waals surface area contributed by atoms with Crippen LogP contribution in [0, 0.1) is 0 Å². The quantitative estimate of drug-likeness (QED) is 0.0138. The second-order valence-corrected chi connectivity index (χ2v) is 20.9. The predicted octanol–water partition coefficient (Wildman–Crippen LogP) is 11.5. The number of nitrogens with zero attached hydrogens (tertiary/aromatic N) is 5. The van der Waals surface area contributed by atoms with Gasteiger partial charge in [-0.3, -0.25) is 24.5 Å². The van der Waals surface area contributed by atoms with Crippen molar-refractivity contribution >= 4 is 37.3 Å². The van der Waals surface area contributed by atoms with Crippen LogP contribution in [-0.4, -0.2) is 85.0 Å². The molecule has 4 aromatic carbocycles. The third-order valence-corrected chi connectivity index (χ3v) is 15.6. The topological polar surface area (TPSA) is 220 Å². The van der Waals surface area contributed by atoms with Crippen molar-refractivity contribution < 1.29 is 43.2 Å². The molecule has 2 aliphatic heterocycles. The van der Waals surface area contributed by atoms with Crippen LogP contribution in [-0.2, 0) is 25.9 Å². The van der Waals surface area contributed by atoms with Crippen molar-refractivity contribution in [3.8, 4) is 11.5 Å². The van der Waals surface area contributed by atoms with Crippen molar-refractivity contribution in [2.75, 3.05) is 20.0 Å². The summed E-state index contributed by atoms with van der Waals surface area (Å²) in [5.74, 6) is -0.0754. The highest BCUT2D eigenvalue weighted by Crippen LogP contribution is 2.52. The molecular weight excluding hydrogens is 982 g/mol. The molecule has 6 aromatic rings. The first-order valence-corrected chi connectivity index (χ1v) is 28.6. The van der Waals surface area contributed by atoms with Gasteiger partial charge in [0.1, 0.15) is 41.7 Å². The Labute approximate surface area is 448 Å². The number of nitrogens with two attached hydrogens (primary N) is 2. The van der Waals surface area contributed by atoms with E-state index < -0.39 is 56.4 Å². The van der Waals surface area contributed by atoms with Gasteiger partial charge in [0.15, 0.2) is 23.8 Å². The first-order valence-electron chi connectivity index (χ1n) is 27.3. The smallest absolute Gasteiger partial charge is 0.286 e. The summed E-state index contributed by atoms with van der Waals surface area (Å²) in [5.41, 5.74) is 14.8. The van der Waals surface area contributed by atoms with E-state index in [2.05, 4.69) is 21.9 Å². The van der Waals surface area contributed by atoms with E-state index >= 15 is 0 Å². The van der Waals surface area contributed by atoms with Crippen molar-refractivity contribution in [2.45, 2.75) is 165 Å². The zero-order valence-corrected chi connectivity index (χ0v) is 45.2. The number of aromatic nitrogens is 4. The van der Waals surface area contributed by atoms with E-state index in [1.54, 1.807) is 50.6 Å². The molecule has 2 unspecified atom stereocenters. The number of nitrogen functional groups attached to an aromatic ring is 1. The number of hydrogen-bond acceptors (Lipinski definition) is 14. The van der Waals surface area contributed by atoms with Gasteiger partial charge >= 0.3 is 0 Å². The lowest BCUT2D eigenvalue weighted by Crippen LogP contribution is -2.54. The molecule has 406 valence electrons. The zero-order valence-electron chi connectivity index (χ0n) is 44.3. The van der Waals surface area contributed by atoms with Crippen LogP contribution < -0.4 is 20.7 Å². The minimum absolute atomic E-state index is 0.0939. The van der Waals surface area contributed by atoms with Gasteiger partial charge in [0, 0.05) is 0 Å². The van der Waals surface area contributed by atoms with Crippen LogP contribution in [0.4, 0.5) is 5.82 Å². The molecule has 6 N–H and O–H groups in total. The summed E-state index contributed by atoms with van der Waals surface area (Å²) in [7, 11) is 0.471. The summed E-state index contributed by atoms with van der Waals surface area (Å²) in [6, 6.07) is 29.4. The Balaban J connectivity index is 1.02. The molecule has 4 heterocycles. The monoisotopic (exact) mass is 1060 g/mol. The van der Waals surface area contributed by atoms with E-state index in [0.29, 0.717) is 39.7 Å². The molecule has 0 bridgehead atoms. The van der Waals surface area contributed by atoms with Crippen molar-refractivity contribution in [1.82, 2.24) is 24.6 Å². The third kappa shape index (κ3) is 12.8. The molecule has 0 saturated carbocycles. The second kappa shape index (κ2) is 27.5. The molecule has 17 heteroatoms. The maximum atomic E-state index is 14.7. The number of fused-ring (bicyclic) bond motifs is 2. The highest BCUT2D eigenvalue weighted by atomic mass is 31.2. The molecule has 76 heavy (non-hydrogen) atoms. The number of methoxy groups -OCH3 is 2. The fourth-order valence-electron chi connectivity index (χ4n) is 11.2. The summed E-state index contributed by atoms with van der Waals surface area (Å²) < 4.78 is 26.2. The molecular formula is C59H76N7O9P. The number of hydroxylamine groups is 2. The van der Waals surface area contributed by atoms with Crippen LogP contribution >= 0.6 is 8.53 Å². The predicted molar refractivity (Wildman–Crippen MR) is 294 cm³/mol. The number of imide groups is 1. The van der Waals surface area contributed by atoms with E-state index in [9.17, 15) is 19.6 Å². The van der Waals surface area contributed by atoms with Gasteiger partial charge < -0.3 is 34.5 Å². The van der Waals surface area contributed by atoms with Crippen LogP contribution in [0.2, 0.25) is 0 Å². The summed E-state index contributed by atoms with van der Waals surface area (Å²) >= 11 is 0. The highest BCUT2D eigenvalue weighted by molar-refractivity contribution is 7.43. The van der Waals surface area contributed by atoms with E-state index in [4.69, 9.17) is 34.8 Å². The number of benzene rings is 4. The molecule has 0 radical (unpaired) electrons. The number of ether oxygens (including phenoxy) is 3. The number of anilines is 1. The molecule has 6 atom stereocenters. The number of unbranched alkanes of at least 4 members (excludes halogenated alkanes) is 17. The zero-order chi connectivity index (χ0) is 53.4. The van der Waals surface area contributed by atoms with Gasteiger partial charge in [0.2, 0.25) is 0 Å². The summed E-state index contributed by atoms with van der Waals surface area (Å²) in [5, 5.41) is 13.7. The maximum absolute atomic E-state index is 14.7. The first kappa shape index (κ1) is 56.4. The largest absolute Gasteiger partial charge is 0.497 e. The minimum Gasteiger partial charge on any atom is -0.497 e. The number of carbonyl (C=O) groups excluding carboxylic acids is 2. The Hall–Kier alpha value is -5.84. The summed E-state index contributed by atoms with van der Waals surface area (Å²) in [4.78, 5) is 59.9. The Morgan fingerprint density at radius 3 is 1.76 bits per heavy atom. The maximum Gasteiger partial charge on any atom is 0.286 e. The third-order valence-electron chi connectivity index (χ3n) is 15.2. The van der Waals surface area contributed by atoms with Crippen LogP contribution in [0.3, 0.4) is 0 Å². The second-order valence-electron chi connectivity index (χ2n) is 20.1. The van der Waals surface area contributed by atoms with E-state index in [1.807, 2.05) is 60.7 Å². The van der Waals surface area contributed by atoms with Gasteiger partial charge in [-0.15, -0.1) is 5.06 Å². The lowest BCUT2D eigenvalue weighted by atomic mass is 9.64. The highest BCUT2D eigenvalue weighted by Gasteiger charge is 2.59. The van der Waals surface area contributed by atoms with Gasteiger partial charge in [0.05, 0.1) is 37.1 Å². The average molecular weight is 1060 g/mol. The number of aliphatic hydroxyl groups excluding tert-OH is 1. The fraction of sp³-hybridized carbons (Fsp3) is 0.475. The van der Waals surface area contributed by atoms with Gasteiger partial charge in [-0.25, -0.2) is 15.0 Å². The van der Waals surface area contributed by atoms with Gasteiger partial charge in [-0.1, -0.05) is 183 Å². The van der Waals surface area contributed by atoms with Crippen molar-refractivity contribution in [1.29, 1.82) is 0 Å². The van der Waals surface area contributed by atoms with Gasteiger partial charge in [-0.05, 0) is 65.4 Å². The molecule has 16 nitrogen and oxygen atoms in total. The SMILES string of the molecule is CCCCCCCCCCCCCCCCCCCCc1cccc2c1C(=O)N(O[C@@H]1[C@H](O)[C@@H](C(OP(N)O)C(c3ccccc3)(c3ccc(OC)cc3)c3ccc(OC)cc3)O[C@H]1n1cnc3c(N)ncnc31)C2=O. The minimum atomic E-state index is -2.67. The number of rotatable bonds is 31. The molecule has 8 rings (SSSR count). The Bertz CT molecular complexity index is 2730. The van der Waals surface area contributed by atoms with Crippen LogP contribution in [0.5, 0.6) is 11.5 Å². The molecule has 1 saturated heterocycles. The van der Waals surface area contributed by atoms with Crippen molar-refractivity contribution in [3.63, 3.8) is 0 Å². The number of aryl methyl sites for hydroxylation is 1. The van der Waals surface area contributed by atoms with E-state index in [0.717, 1.165) is 24.8 Å². The van der Waals surface area contributed by atoms with Gasteiger partial charge in [-0.2, -0.15) is 0 Å². The van der Waals surface area contributed by atoms with E-state index in [1.165, 1.54) is 114 Å². The fourth-order valence-corrected chi connectivity index (χ4v) is 11.7. The van der Waals surface area contributed by atoms with Crippen LogP contribution in [0.25, 0.3) is 11.2 Å². The first-order chi connectivity index (χ1) is 37.1. The summed E-state index contributed by atoms with van der Waals surface area (Å²) in [6.45, 7) is 2.27. The molecule has 0 spiro atoms. The van der Waals surface area contributed by atoms with E-state index in [-0.39, 0.29) is 28.1 Å². The Kier molecular flexibility index (Phi) is 20.4. The van der Waals surface area contributed by atoms with Crippen LogP contribution in [0.15, 0.2) is 110 Å². The normalized spacial score (nSPS) is 18.4. The lowest BCUT2D eigenvalue weighted by molar-refractivity contribution is -0.177. The summed E-state index contributed by atoms with van der Waals surface area (Å²) in [6.07, 6.45) is 18.9.